The molecule has 0 aromatic heterocycles. The SMILES string of the molecule is CC/C=C\C/C=C\C/C=C\C/C=C\CCC(=O)OC(COCCCCCCCCCC/C=C\C/C=C\CCCCCC)COP(=O)(O)OCC(O)CO. The molecule has 0 aromatic rings. The lowest BCUT2D eigenvalue weighted by molar-refractivity contribution is -0.154. The molecule has 0 saturated carbocycles. The van der Waals surface area contributed by atoms with Crippen molar-refractivity contribution in [1.29, 1.82) is 0 Å². The molecule has 0 rings (SSSR count). The third-order valence-electron chi connectivity index (χ3n) is 8.14. The number of aliphatic hydroxyl groups is 2. The predicted octanol–water partition coefficient (Wildman–Crippen LogP) is 11.0. The molecule has 0 bridgehead atoms. The van der Waals surface area contributed by atoms with E-state index in [1.807, 2.05) is 12.2 Å². The van der Waals surface area contributed by atoms with E-state index in [4.69, 9.17) is 23.6 Å². The van der Waals surface area contributed by atoms with Crippen molar-refractivity contribution in [2.24, 2.45) is 0 Å². The van der Waals surface area contributed by atoms with E-state index in [-0.39, 0.29) is 13.0 Å². The smallest absolute Gasteiger partial charge is 0.457 e. The van der Waals surface area contributed by atoms with Crippen LogP contribution in [-0.2, 0) is 27.9 Å². The Balaban J connectivity index is 4.28. The van der Waals surface area contributed by atoms with Gasteiger partial charge in [-0.15, -0.1) is 0 Å². The van der Waals surface area contributed by atoms with Gasteiger partial charge in [0, 0.05) is 13.0 Å². The molecule has 3 atom stereocenters. The lowest BCUT2D eigenvalue weighted by atomic mass is 10.1. The fourth-order valence-electron chi connectivity index (χ4n) is 5.04. The van der Waals surface area contributed by atoms with Crippen molar-refractivity contribution in [2.75, 3.05) is 33.0 Å². The van der Waals surface area contributed by atoms with Crippen molar-refractivity contribution in [3.63, 3.8) is 0 Å². The number of allylic oxidation sites excluding steroid dienone is 12. The number of hydrogen-bond donors (Lipinski definition) is 3. The molecule has 0 amide bonds. The van der Waals surface area contributed by atoms with E-state index in [0.717, 1.165) is 57.8 Å². The summed E-state index contributed by atoms with van der Waals surface area (Å²) >= 11 is 0. The predicted molar refractivity (Wildman–Crippen MR) is 219 cm³/mol. The van der Waals surface area contributed by atoms with Crippen molar-refractivity contribution in [3.8, 4) is 0 Å². The minimum atomic E-state index is -4.54. The van der Waals surface area contributed by atoms with Gasteiger partial charge in [0.15, 0.2) is 0 Å². The maximum Gasteiger partial charge on any atom is 0.472 e. The molecular weight excluding hydrogens is 691 g/mol. The number of carbonyl (C=O) groups is 1. The van der Waals surface area contributed by atoms with E-state index in [1.54, 1.807) is 0 Å². The highest BCUT2D eigenvalue weighted by Crippen LogP contribution is 2.43. The van der Waals surface area contributed by atoms with Crippen LogP contribution in [0.1, 0.15) is 149 Å². The van der Waals surface area contributed by atoms with Gasteiger partial charge in [-0.3, -0.25) is 13.8 Å². The number of rotatable bonds is 38. The van der Waals surface area contributed by atoms with Gasteiger partial charge in [-0.1, -0.05) is 145 Å². The fraction of sp³-hybridized carbons (Fsp3) is 0.698. The molecule has 0 aromatic carbocycles. The lowest BCUT2D eigenvalue weighted by Crippen LogP contribution is -2.29. The Labute approximate surface area is 322 Å². The Morgan fingerprint density at radius 3 is 1.62 bits per heavy atom. The van der Waals surface area contributed by atoms with Gasteiger partial charge in [0.05, 0.1) is 26.4 Å². The molecule has 0 spiro atoms. The molecule has 10 heteroatoms. The zero-order valence-corrected chi connectivity index (χ0v) is 34.1. The fourth-order valence-corrected chi connectivity index (χ4v) is 5.83. The number of ether oxygens (including phenoxy) is 2. The number of phosphoric ester groups is 1. The summed E-state index contributed by atoms with van der Waals surface area (Å²) in [4.78, 5) is 22.5. The van der Waals surface area contributed by atoms with Crippen molar-refractivity contribution >= 4 is 13.8 Å². The minimum Gasteiger partial charge on any atom is -0.457 e. The second kappa shape index (κ2) is 39.6. The molecule has 0 aliphatic carbocycles. The Hall–Kier alpha value is -2.10. The zero-order chi connectivity index (χ0) is 38.9. The summed E-state index contributed by atoms with van der Waals surface area (Å²) < 4.78 is 33.2. The monoisotopic (exact) mass is 767 g/mol. The van der Waals surface area contributed by atoms with E-state index in [1.165, 1.54) is 64.2 Å². The standard InChI is InChI=1S/C43H75O9P/c1-3-5-7-9-11-13-15-17-18-19-20-21-22-24-26-28-30-32-34-36-49-39-42(40-51-53(47,48)50-38-41(45)37-44)52-43(46)35-33-31-29-27-25-23-16-14-12-10-8-6-4-2/h6,8,12-15,18-19,23,25,29,31,41-42,44-45H,3-5,7,9-11,16-17,20-22,24,26-28,30,32-40H2,1-2H3,(H,47,48)/b8-6-,14-12-,15-13-,19-18-,25-23-,31-29-. The van der Waals surface area contributed by atoms with Crippen LogP contribution in [-0.4, -0.2) is 66.3 Å². The summed E-state index contributed by atoms with van der Waals surface area (Å²) in [6, 6.07) is 0. The Bertz CT molecular complexity index is 1050. The van der Waals surface area contributed by atoms with E-state index in [0.29, 0.717) is 13.0 Å². The van der Waals surface area contributed by atoms with Gasteiger partial charge in [0.1, 0.15) is 12.2 Å². The highest BCUT2D eigenvalue weighted by molar-refractivity contribution is 7.47. The molecule has 0 fully saturated rings. The highest BCUT2D eigenvalue weighted by Gasteiger charge is 2.26. The van der Waals surface area contributed by atoms with Gasteiger partial charge < -0.3 is 24.6 Å². The molecule has 0 heterocycles. The van der Waals surface area contributed by atoms with Crippen molar-refractivity contribution < 1.29 is 43.0 Å². The third kappa shape index (κ3) is 39.4. The largest absolute Gasteiger partial charge is 0.472 e. The number of carbonyl (C=O) groups excluding carboxylic acids is 1. The zero-order valence-electron chi connectivity index (χ0n) is 33.2. The van der Waals surface area contributed by atoms with Gasteiger partial charge in [0.2, 0.25) is 0 Å². The average molecular weight is 767 g/mol. The highest BCUT2D eigenvalue weighted by atomic mass is 31.2. The van der Waals surface area contributed by atoms with Crippen LogP contribution in [0.25, 0.3) is 0 Å². The summed E-state index contributed by atoms with van der Waals surface area (Å²) in [7, 11) is -4.54. The van der Waals surface area contributed by atoms with Crippen LogP contribution in [0.15, 0.2) is 72.9 Å². The van der Waals surface area contributed by atoms with Gasteiger partial charge in [-0.05, 0) is 70.6 Å². The first kappa shape index (κ1) is 50.9. The first-order valence-electron chi connectivity index (χ1n) is 20.4. The second-order valence-electron chi connectivity index (χ2n) is 13.3. The topological polar surface area (TPSA) is 132 Å². The maximum atomic E-state index is 12.5. The summed E-state index contributed by atoms with van der Waals surface area (Å²) in [6.07, 6.45) is 45.9. The second-order valence-corrected chi connectivity index (χ2v) is 14.7. The number of phosphoric acid groups is 1. The molecule has 9 nitrogen and oxygen atoms in total. The molecule has 0 saturated heterocycles. The van der Waals surface area contributed by atoms with Gasteiger partial charge in [-0.2, -0.15) is 0 Å². The van der Waals surface area contributed by atoms with Crippen LogP contribution in [0.5, 0.6) is 0 Å². The van der Waals surface area contributed by atoms with Crippen molar-refractivity contribution in [3.05, 3.63) is 72.9 Å². The van der Waals surface area contributed by atoms with Crippen LogP contribution in [0.4, 0.5) is 0 Å². The first-order valence-corrected chi connectivity index (χ1v) is 21.9. The van der Waals surface area contributed by atoms with E-state index in [2.05, 4.69) is 74.6 Å². The van der Waals surface area contributed by atoms with Crippen LogP contribution in [0.2, 0.25) is 0 Å². The van der Waals surface area contributed by atoms with Crippen molar-refractivity contribution in [2.45, 2.75) is 161 Å². The van der Waals surface area contributed by atoms with E-state index in [9.17, 15) is 19.4 Å². The van der Waals surface area contributed by atoms with Crippen LogP contribution < -0.4 is 0 Å². The van der Waals surface area contributed by atoms with E-state index >= 15 is 0 Å². The Morgan fingerprint density at radius 2 is 1.08 bits per heavy atom. The summed E-state index contributed by atoms with van der Waals surface area (Å²) in [5.74, 6) is -0.467. The summed E-state index contributed by atoms with van der Waals surface area (Å²) in [6.45, 7) is 3.25. The van der Waals surface area contributed by atoms with E-state index < -0.39 is 45.8 Å². The number of aliphatic hydroxyl groups excluding tert-OH is 2. The van der Waals surface area contributed by atoms with Gasteiger partial charge in [0.25, 0.3) is 0 Å². The maximum absolute atomic E-state index is 12.5. The quantitative estimate of drug-likeness (QED) is 0.0243. The first-order chi connectivity index (χ1) is 25.8. The molecule has 0 aliphatic heterocycles. The Morgan fingerprint density at radius 1 is 0.604 bits per heavy atom. The molecule has 0 aliphatic rings. The van der Waals surface area contributed by atoms with Crippen LogP contribution in [0, 0.1) is 0 Å². The van der Waals surface area contributed by atoms with Crippen molar-refractivity contribution in [1.82, 2.24) is 0 Å². The minimum absolute atomic E-state index is 0.0127. The summed E-state index contributed by atoms with van der Waals surface area (Å²) in [5, 5.41) is 18.3. The van der Waals surface area contributed by atoms with Gasteiger partial charge in [-0.25, -0.2) is 4.57 Å². The molecule has 3 N–H and O–H groups in total. The lowest BCUT2D eigenvalue weighted by Gasteiger charge is -2.20. The van der Waals surface area contributed by atoms with Crippen LogP contribution >= 0.6 is 7.82 Å². The Kier molecular flexibility index (Phi) is 38.0. The summed E-state index contributed by atoms with van der Waals surface area (Å²) in [5.41, 5.74) is 0. The molecular formula is C43H75O9P. The number of unbranched alkanes of at least 4 members (excludes halogenated alkanes) is 12. The molecule has 306 valence electrons. The van der Waals surface area contributed by atoms with Gasteiger partial charge >= 0.3 is 13.8 Å². The molecule has 53 heavy (non-hydrogen) atoms. The number of esters is 1. The average Bonchev–Trinajstić information content (AvgIpc) is 3.15. The molecule has 3 unspecified atom stereocenters. The normalized spacial score (nSPS) is 14.9. The van der Waals surface area contributed by atoms with Crippen LogP contribution in [0.3, 0.4) is 0 Å². The molecule has 0 radical (unpaired) electrons. The number of hydrogen-bond acceptors (Lipinski definition) is 8. The third-order valence-corrected chi connectivity index (χ3v) is 9.09.